The smallest absolute Gasteiger partial charge is 0.244 e. The summed E-state index contributed by atoms with van der Waals surface area (Å²) in [5.74, 6) is 0.680. The van der Waals surface area contributed by atoms with Gasteiger partial charge in [0, 0.05) is 25.0 Å². The van der Waals surface area contributed by atoms with Crippen LogP contribution in [0.15, 0.2) is 53.7 Å². The van der Waals surface area contributed by atoms with Crippen molar-refractivity contribution in [3.05, 3.63) is 54.4 Å². The second kappa shape index (κ2) is 7.04. The molecule has 0 unspecified atom stereocenters. The molecule has 0 spiro atoms. The van der Waals surface area contributed by atoms with E-state index in [9.17, 15) is 8.42 Å². The highest BCUT2D eigenvalue weighted by Gasteiger charge is 2.20. The van der Waals surface area contributed by atoms with E-state index in [0.717, 1.165) is 11.1 Å². The monoisotopic (exact) mass is 359 g/mol. The van der Waals surface area contributed by atoms with Crippen molar-refractivity contribution in [3.8, 4) is 11.5 Å². The van der Waals surface area contributed by atoms with Crippen LogP contribution in [-0.2, 0) is 16.6 Å². The van der Waals surface area contributed by atoms with Crippen molar-refractivity contribution in [2.24, 2.45) is 0 Å². The topological polar surface area (TPSA) is 90.4 Å². The molecule has 0 fully saturated rings. The second-order valence-electron chi connectivity index (χ2n) is 5.22. The first-order valence-electron chi connectivity index (χ1n) is 7.45. The Labute approximate surface area is 145 Å². The molecule has 3 aromatic rings. The Morgan fingerprint density at radius 2 is 1.72 bits per heavy atom. The molecule has 25 heavy (non-hydrogen) atoms. The Hall–Kier alpha value is -2.71. The molecular weight excluding hydrogens is 342 g/mol. The van der Waals surface area contributed by atoms with E-state index in [2.05, 4.69) is 14.7 Å². The van der Waals surface area contributed by atoms with Gasteiger partial charge in [0.1, 0.15) is 16.4 Å². The van der Waals surface area contributed by atoms with Crippen LogP contribution >= 0.6 is 0 Å². The molecule has 7 nitrogen and oxygen atoms in total. The lowest BCUT2D eigenvalue weighted by Gasteiger charge is -2.12. The summed E-state index contributed by atoms with van der Waals surface area (Å²) in [6.45, 7) is 0.120. The van der Waals surface area contributed by atoms with Crippen LogP contribution in [-0.4, -0.2) is 32.6 Å². The fourth-order valence-corrected chi connectivity index (χ4v) is 3.57. The Kier molecular flexibility index (Phi) is 4.82. The minimum absolute atomic E-state index is 0.0231. The molecule has 0 atom stereocenters. The summed E-state index contributed by atoms with van der Waals surface area (Å²) in [6.07, 6.45) is 3.21. The molecule has 1 N–H and O–H groups in total. The molecule has 0 bridgehead atoms. The van der Waals surface area contributed by atoms with Crippen LogP contribution in [0, 0.1) is 0 Å². The minimum atomic E-state index is -3.78. The van der Waals surface area contributed by atoms with Crippen LogP contribution < -0.4 is 14.2 Å². The van der Waals surface area contributed by atoms with Gasteiger partial charge in [-0.1, -0.05) is 6.07 Å². The Morgan fingerprint density at radius 3 is 2.44 bits per heavy atom. The third-order valence-corrected chi connectivity index (χ3v) is 5.08. The van der Waals surface area contributed by atoms with Gasteiger partial charge in [-0.3, -0.25) is 9.97 Å². The molecule has 130 valence electrons. The molecular formula is C17H17N3O4S. The number of methoxy groups -OCH3 is 2. The van der Waals surface area contributed by atoms with Crippen LogP contribution in [0.1, 0.15) is 5.56 Å². The molecule has 0 saturated heterocycles. The zero-order valence-electron chi connectivity index (χ0n) is 13.8. The minimum Gasteiger partial charge on any atom is -0.497 e. The van der Waals surface area contributed by atoms with Crippen LogP contribution in [0.25, 0.3) is 11.0 Å². The predicted molar refractivity (Wildman–Crippen MR) is 93.1 cm³/mol. The molecule has 0 aliphatic heterocycles. The van der Waals surface area contributed by atoms with Crippen LogP contribution in [0.5, 0.6) is 11.5 Å². The number of rotatable bonds is 6. The summed E-state index contributed by atoms with van der Waals surface area (Å²) in [5, 5.41) is 0. The highest BCUT2D eigenvalue weighted by Crippen LogP contribution is 2.28. The number of hydrogen-bond acceptors (Lipinski definition) is 6. The van der Waals surface area contributed by atoms with E-state index in [0.29, 0.717) is 11.3 Å². The summed E-state index contributed by atoms with van der Waals surface area (Å²) in [4.78, 5) is 8.43. The number of sulfonamides is 1. The number of ether oxygens (including phenoxy) is 2. The van der Waals surface area contributed by atoms with Crippen LogP contribution in [0.2, 0.25) is 0 Å². The van der Waals surface area contributed by atoms with Crippen molar-refractivity contribution in [3.63, 3.8) is 0 Å². The van der Waals surface area contributed by atoms with Gasteiger partial charge in [-0.05, 0) is 29.8 Å². The van der Waals surface area contributed by atoms with Crippen molar-refractivity contribution in [1.82, 2.24) is 14.7 Å². The van der Waals surface area contributed by atoms with E-state index in [4.69, 9.17) is 9.47 Å². The number of nitrogens with zero attached hydrogens (tertiary/aromatic N) is 2. The van der Waals surface area contributed by atoms with Crippen molar-refractivity contribution < 1.29 is 17.9 Å². The van der Waals surface area contributed by atoms with Gasteiger partial charge in [0.05, 0.1) is 25.3 Å². The quantitative estimate of drug-likeness (QED) is 0.725. The average molecular weight is 359 g/mol. The lowest BCUT2D eigenvalue weighted by molar-refractivity contribution is 0.392. The fraction of sp³-hybridized carbons (Fsp3) is 0.176. The van der Waals surface area contributed by atoms with E-state index in [1.54, 1.807) is 36.7 Å². The number of hydrogen-bond donors (Lipinski definition) is 1. The van der Waals surface area contributed by atoms with Gasteiger partial charge in [0.2, 0.25) is 10.0 Å². The van der Waals surface area contributed by atoms with Gasteiger partial charge >= 0.3 is 0 Å². The molecule has 0 aliphatic rings. The van der Waals surface area contributed by atoms with Gasteiger partial charge < -0.3 is 9.47 Å². The molecule has 0 saturated carbocycles. The summed E-state index contributed by atoms with van der Waals surface area (Å²) < 4.78 is 38.1. The van der Waals surface area contributed by atoms with Crippen molar-refractivity contribution >= 4 is 21.1 Å². The first kappa shape index (κ1) is 17.1. The van der Waals surface area contributed by atoms with Gasteiger partial charge in [0.25, 0.3) is 0 Å². The maximum absolute atomic E-state index is 12.6. The van der Waals surface area contributed by atoms with Gasteiger partial charge in [0.15, 0.2) is 0 Å². The summed E-state index contributed by atoms with van der Waals surface area (Å²) in [6, 6.07) is 10.0. The third kappa shape index (κ3) is 3.70. The van der Waals surface area contributed by atoms with Gasteiger partial charge in [-0.2, -0.15) is 0 Å². The molecule has 2 aromatic carbocycles. The maximum atomic E-state index is 12.6. The maximum Gasteiger partial charge on any atom is 0.244 e. The van der Waals surface area contributed by atoms with Crippen molar-refractivity contribution in [2.45, 2.75) is 11.4 Å². The molecule has 8 heteroatoms. The van der Waals surface area contributed by atoms with Crippen LogP contribution in [0.3, 0.4) is 0 Å². The predicted octanol–water partition coefficient (Wildman–Crippen LogP) is 2.13. The normalized spacial score (nSPS) is 11.4. The highest BCUT2D eigenvalue weighted by atomic mass is 32.2. The van der Waals surface area contributed by atoms with E-state index in [1.165, 1.54) is 20.3 Å². The second-order valence-corrected chi connectivity index (χ2v) is 6.96. The van der Waals surface area contributed by atoms with Crippen molar-refractivity contribution in [2.75, 3.05) is 14.2 Å². The lowest BCUT2D eigenvalue weighted by atomic mass is 10.2. The molecule has 0 aliphatic carbocycles. The zero-order valence-corrected chi connectivity index (χ0v) is 14.6. The Bertz CT molecular complexity index is 1010. The SMILES string of the molecule is COc1ccc(OC)c(S(=O)(=O)NCc2ccc3nccnc3c2)c1. The largest absolute Gasteiger partial charge is 0.497 e. The first-order chi connectivity index (χ1) is 12.0. The molecule has 1 aromatic heterocycles. The van der Waals surface area contributed by atoms with E-state index in [-0.39, 0.29) is 17.2 Å². The molecule has 0 radical (unpaired) electrons. The fourth-order valence-electron chi connectivity index (χ4n) is 2.37. The average Bonchev–Trinajstić information content (AvgIpc) is 2.65. The molecule has 3 rings (SSSR count). The van der Waals surface area contributed by atoms with E-state index in [1.807, 2.05) is 6.07 Å². The number of nitrogens with one attached hydrogen (secondary N) is 1. The summed E-state index contributed by atoms with van der Waals surface area (Å²) >= 11 is 0. The summed E-state index contributed by atoms with van der Waals surface area (Å²) in [5.41, 5.74) is 2.24. The van der Waals surface area contributed by atoms with Gasteiger partial charge in [-0.15, -0.1) is 0 Å². The number of benzene rings is 2. The van der Waals surface area contributed by atoms with E-state index < -0.39 is 10.0 Å². The van der Waals surface area contributed by atoms with Crippen molar-refractivity contribution in [1.29, 1.82) is 0 Å². The van der Waals surface area contributed by atoms with Crippen LogP contribution in [0.4, 0.5) is 0 Å². The van der Waals surface area contributed by atoms with Gasteiger partial charge in [-0.25, -0.2) is 13.1 Å². The van der Waals surface area contributed by atoms with E-state index >= 15 is 0 Å². The highest BCUT2D eigenvalue weighted by molar-refractivity contribution is 7.89. The zero-order chi connectivity index (χ0) is 17.9. The number of fused-ring (bicyclic) bond motifs is 1. The standard InChI is InChI=1S/C17H17N3O4S/c1-23-13-4-6-16(24-2)17(10-13)25(21,22)20-11-12-3-5-14-15(9-12)19-8-7-18-14/h3-10,20H,11H2,1-2H3. The summed E-state index contributed by atoms with van der Waals surface area (Å²) in [7, 11) is -0.885. The lowest BCUT2D eigenvalue weighted by Crippen LogP contribution is -2.23. The Balaban J connectivity index is 1.86. The number of aromatic nitrogens is 2. The third-order valence-electron chi connectivity index (χ3n) is 3.66. The molecule has 0 amide bonds. The Morgan fingerprint density at radius 1 is 0.960 bits per heavy atom. The first-order valence-corrected chi connectivity index (χ1v) is 8.93. The molecule has 1 heterocycles.